The Kier molecular flexibility index (Phi) is 2.46. The Hall–Kier alpha value is -0.340. The van der Waals surface area contributed by atoms with E-state index in [0.29, 0.717) is 6.10 Å². The summed E-state index contributed by atoms with van der Waals surface area (Å²) in [5, 5.41) is 9.02. The molecular formula is C8H8BrO. The van der Waals surface area contributed by atoms with Crippen molar-refractivity contribution in [3.8, 4) is 0 Å². The van der Waals surface area contributed by atoms with Crippen molar-refractivity contribution < 1.29 is 5.11 Å². The first-order chi connectivity index (χ1) is 4.70. The Morgan fingerprint density at radius 3 is 2.20 bits per heavy atom. The lowest BCUT2D eigenvalue weighted by Crippen LogP contribution is -1.89. The van der Waals surface area contributed by atoms with E-state index in [9.17, 15) is 0 Å². The van der Waals surface area contributed by atoms with Crippen LogP contribution in [0, 0.1) is 6.10 Å². The minimum Gasteiger partial charge on any atom is -0.382 e. The lowest BCUT2D eigenvalue weighted by Gasteiger charge is -2.01. The molecule has 0 fully saturated rings. The Labute approximate surface area is 68.8 Å². The van der Waals surface area contributed by atoms with Crippen LogP contribution in [-0.4, -0.2) is 5.11 Å². The SMILES string of the molecule is C[C](O)c1ccc(Br)cc1. The molecule has 53 valence electrons. The highest BCUT2D eigenvalue weighted by Gasteiger charge is 1.98. The van der Waals surface area contributed by atoms with Crippen molar-refractivity contribution in [3.05, 3.63) is 40.4 Å². The average Bonchev–Trinajstić information content (AvgIpc) is 1.88. The van der Waals surface area contributed by atoms with Gasteiger partial charge >= 0.3 is 0 Å². The van der Waals surface area contributed by atoms with Gasteiger partial charge in [-0.3, -0.25) is 0 Å². The molecule has 0 aliphatic carbocycles. The second kappa shape index (κ2) is 3.17. The predicted molar refractivity (Wildman–Crippen MR) is 44.1 cm³/mol. The molecule has 10 heavy (non-hydrogen) atoms. The molecule has 1 radical (unpaired) electrons. The lowest BCUT2D eigenvalue weighted by molar-refractivity contribution is 0.341. The van der Waals surface area contributed by atoms with Crippen LogP contribution in [0.1, 0.15) is 12.5 Å². The van der Waals surface area contributed by atoms with Gasteiger partial charge in [0.05, 0.1) is 0 Å². The summed E-state index contributed by atoms with van der Waals surface area (Å²) in [7, 11) is 0. The molecule has 0 aromatic heterocycles. The van der Waals surface area contributed by atoms with Crippen LogP contribution < -0.4 is 0 Å². The summed E-state index contributed by atoms with van der Waals surface area (Å²) < 4.78 is 1.03. The van der Waals surface area contributed by atoms with Crippen LogP contribution in [0.2, 0.25) is 0 Å². The highest BCUT2D eigenvalue weighted by molar-refractivity contribution is 9.10. The topological polar surface area (TPSA) is 20.2 Å². The van der Waals surface area contributed by atoms with Gasteiger partial charge in [-0.25, -0.2) is 0 Å². The molecule has 2 heteroatoms. The van der Waals surface area contributed by atoms with Gasteiger partial charge in [0.15, 0.2) is 0 Å². The van der Waals surface area contributed by atoms with E-state index in [4.69, 9.17) is 5.11 Å². The summed E-state index contributed by atoms with van der Waals surface area (Å²) in [6.07, 6.45) is 0.354. The van der Waals surface area contributed by atoms with Crippen LogP contribution in [0.25, 0.3) is 0 Å². The van der Waals surface area contributed by atoms with Crippen LogP contribution in [0.5, 0.6) is 0 Å². The highest BCUT2D eigenvalue weighted by atomic mass is 79.9. The van der Waals surface area contributed by atoms with Gasteiger partial charge in [0.2, 0.25) is 0 Å². The molecule has 1 aromatic rings. The van der Waals surface area contributed by atoms with Gasteiger partial charge in [-0.2, -0.15) is 0 Å². The quantitative estimate of drug-likeness (QED) is 0.738. The van der Waals surface area contributed by atoms with Gasteiger partial charge in [0.1, 0.15) is 6.10 Å². The van der Waals surface area contributed by atoms with Crippen LogP contribution in [0.15, 0.2) is 28.7 Å². The van der Waals surface area contributed by atoms with Crippen LogP contribution in [0.3, 0.4) is 0 Å². The van der Waals surface area contributed by atoms with E-state index < -0.39 is 0 Å². The number of rotatable bonds is 1. The number of aliphatic hydroxyl groups excluding tert-OH is 1. The Bertz CT molecular complexity index is 203. The second-order valence-corrected chi connectivity index (χ2v) is 3.01. The summed E-state index contributed by atoms with van der Waals surface area (Å²) in [4.78, 5) is 0. The zero-order chi connectivity index (χ0) is 7.56. The second-order valence-electron chi connectivity index (χ2n) is 2.09. The molecule has 0 aliphatic heterocycles. The normalized spacial score (nSPS) is 10.4. The van der Waals surface area contributed by atoms with E-state index in [1.807, 2.05) is 24.3 Å². The van der Waals surface area contributed by atoms with E-state index in [-0.39, 0.29) is 0 Å². The third-order valence-corrected chi connectivity index (χ3v) is 1.79. The van der Waals surface area contributed by atoms with Gasteiger partial charge in [-0.05, 0) is 24.6 Å². The van der Waals surface area contributed by atoms with Gasteiger partial charge < -0.3 is 5.11 Å². The molecule has 0 amide bonds. The van der Waals surface area contributed by atoms with E-state index in [1.165, 1.54) is 0 Å². The van der Waals surface area contributed by atoms with Crippen LogP contribution in [0.4, 0.5) is 0 Å². The molecule has 0 heterocycles. The summed E-state index contributed by atoms with van der Waals surface area (Å²) in [5.74, 6) is 0. The molecule has 1 aromatic carbocycles. The summed E-state index contributed by atoms with van der Waals surface area (Å²) in [6, 6.07) is 7.52. The summed E-state index contributed by atoms with van der Waals surface area (Å²) in [6.45, 7) is 1.67. The van der Waals surface area contributed by atoms with Crippen molar-refractivity contribution in [1.29, 1.82) is 0 Å². The predicted octanol–water partition coefficient (Wildman–Crippen LogP) is 2.72. The first-order valence-corrected chi connectivity index (χ1v) is 3.78. The molecule has 1 N–H and O–H groups in total. The fraction of sp³-hybridized carbons (Fsp3) is 0.125. The summed E-state index contributed by atoms with van der Waals surface area (Å²) in [5.41, 5.74) is 0.864. The molecule has 0 atom stereocenters. The zero-order valence-corrected chi connectivity index (χ0v) is 7.22. The van der Waals surface area contributed by atoms with Crippen molar-refractivity contribution in [2.75, 3.05) is 0 Å². The number of benzene rings is 1. The smallest absolute Gasteiger partial charge is 0.119 e. The van der Waals surface area contributed by atoms with E-state index in [1.54, 1.807) is 6.92 Å². The number of hydrogen-bond donors (Lipinski definition) is 1. The lowest BCUT2D eigenvalue weighted by atomic mass is 10.1. The van der Waals surface area contributed by atoms with Gasteiger partial charge in [0, 0.05) is 4.47 Å². The Morgan fingerprint density at radius 2 is 1.80 bits per heavy atom. The van der Waals surface area contributed by atoms with Crippen molar-refractivity contribution in [3.63, 3.8) is 0 Å². The molecule has 0 unspecified atom stereocenters. The van der Waals surface area contributed by atoms with Gasteiger partial charge in [-0.15, -0.1) is 0 Å². The molecule has 1 rings (SSSR count). The molecule has 0 spiro atoms. The largest absolute Gasteiger partial charge is 0.382 e. The van der Waals surface area contributed by atoms with Crippen LogP contribution in [-0.2, 0) is 0 Å². The van der Waals surface area contributed by atoms with E-state index in [2.05, 4.69) is 15.9 Å². The Balaban J connectivity index is 2.89. The molecular weight excluding hydrogens is 192 g/mol. The maximum Gasteiger partial charge on any atom is 0.119 e. The van der Waals surface area contributed by atoms with Gasteiger partial charge in [-0.1, -0.05) is 28.1 Å². The van der Waals surface area contributed by atoms with E-state index >= 15 is 0 Å². The summed E-state index contributed by atoms with van der Waals surface area (Å²) >= 11 is 3.30. The van der Waals surface area contributed by atoms with E-state index in [0.717, 1.165) is 10.0 Å². The van der Waals surface area contributed by atoms with Crippen molar-refractivity contribution in [2.24, 2.45) is 0 Å². The minimum atomic E-state index is 0.354. The molecule has 1 nitrogen and oxygen atoms in total. The van der Waals surface area contributed by atoms with Crippen molar-refractivity contribution in [2.45, 2.75) is 6.92 Å². The molecule has 0 aliphatic rings. The van der Waals surface area contributed by atoms with Crippen molar-refractivity contribution in [1.82, 2.24) is 0 Å². The monoisotopic (exact) mass is 199 g/mol. The number of hydrogen-bond acceptors (Lipinski definition) is 1. The minimum absolute atomic E-state index is 0.354. The molecule has 0 saturated heterocycles. The fourth-order valence-electron chi connectivity index (χ4n) is 0.691. The maximum absolute atomic E-state index is 9.02. The highest BCUT2D eigenvalue weighted by Crippen LogP contribution is 2.14. The standard InChI is InChI=1S/C8H8BrO/c1-6(10)7-2-4-8(9)5-3-7/h2-5,10H,1H3. The third kappa shape index (κ3) is 1.82. The third-order valence-electron chi connectivity index (χ3n) is 1.26. The van der Waals surface area contributed by atoms with Crippen molar-refractivity contribution >= 4 is 15.9 Å². The number of halogens is 1. The fourth-order valence-corrected chi connectivity index (χ4v) is 0.955. The first-order valence-electron chi connectivity index (χ1n) is 2.98. The first kappa shape index (κ1) is 7.76. The van der Waals surface area contributed by atoms with Crippen LogP contribution >= 0.6 is 15.9 Å². The zero-order valence-electron chi connectivity index (χ0n) is 5.63. The Morgan fingerprint density at radius 1 is 1.30 bits per heavy atom. The molecule has 0 saturated carbocycles. The molecule has 0 bridgehead atoms. The van der Waals surface area contributed by atoms with Gasteiger partial charge in [0.25, 0.3) is 0 Å². The average molecular weight is 200 g/mol. The maximum atomic E-state index is 9.02. The number of aliphatic hydroxyl groups is 1.